The first-order valence-electron chi connectivity index (χ1n) is 5.96. The van der Waals surface area contributed by atoms with Gasteiger partial charge in [-0.1, -0.05) is 12.1 Å². The van der Waals surface area contributed by atoms with E-state index >= 15 is 0 Å². The lowest BCUT2D eigenvalue weighted by molar-refractivity contribution is -0.141. The van der Waals surface area contributed by atoms with Crippen molar-refractivity contribution in [2.75, 3.05) is 14.2 Å². The second-order valence-corrected chi connectivity index (χ2v) is 4.49. The molecule has 0 aliphatic heterocycles. The molecule has 0 spiro atoms. The third kappa shape index (κ3) is 2.60. The summed E-state index contributed by atoms with van der Waals surface area (Å²) in [7, 11) is 3.14. The Kier molecular flexibility index (Phi) is 3.67. The lowest BCUT2D eigenvalue weighted by atomic mass is 9.82. The molecule has 0 radical (unpaired) electrons. The van der Waals surface area contributed by atoms with Crippen LogP contribution in [0.4, 0.5) is 0 Å². The van der Waals surface area contributed by atoms with Gasteiger partial charge in [-0.3, -0.25) is 4.79 Å². The highest BCUT2D eigenvalue weighted by atomic mass is 16.5. The number of rotatable bonds is 3. The van der Waals surface area contributed by atoms with Crippen LogP contribution in [0.1, 0.15) is 24.0 Å². The molecule has 3 heteroatoms. The molecule has 0 N–H and O–H groups in total. The molecule has 0 amide bonds. The maximum absolute atomic E-state index is 11.3. The molecule has 1 aromatic carbocycles. The summed E-state index contributed by atoms with van der Waals surface area (Å²) in [4.78, 5) is 11.3. The van der Waals surface area contributed by atoms with E-state index in [1.54, 1.807) is 7.11 Å². The van der Waals surface area contributed by atoms with Crippen LogP contribution >= 0.6 is 0 Å². The van der Waals surface area contributed by atoms with Gasteiger partial charge in [-0.2, -0.15) is 0 Å². The lowest BCUT2D eigenvalue weighted by Gasteiger charge is -2.25. The van der Waals surface area contributed by atoms with Crippen LogP contribution in [0.5, 0.6) is 5.75 Å². The van der Waals surface area contributed by atoms with E-state index in [0.29, 0.717) is 12.3 Å². The van der Waals surface area contributed by atoms with Crippen molar-refractivity contribution < 1.29 is 14.3 Å². The fraction of sp³-hybridized carbons (Fsp3) is 0.500. The number of ether oxygens (including phenoxy) is 2. The molecule has 2 rings (SSSR count). The van der Waals surface area contributed by atoms with Crippen LogP contribution in [0.25, 0.3) is 0 Å². The first-order chi connectivity index (χ1) is 8.24. The van der Waals surface area contributed by atoms with E-state index in [1.807, 2.05) is 12.1 Å². The lowest BCUT2D eigenvalue weighted by Crippen LogP contribution is -2.19. The first kappa shape index (κ1) is 12.0. The largest absolute Gasteiger partial charge is 0.496 e. The van der Waals surface area contributed by atoms with Crippen LogP contribution in [0.2, 0.25) is 0 Å². The summed E-state index contributed by atoms with van der Waals surface area (Å²) in [5, 5.41) is 0. The fourth-order valence-corrected chi connectivity index (χ4v) is 2.51. The Balaban J connectivity index is 2.14. The maximum Gasteiger partial charge on any atom is 0.305 e. The predicted octanol–water partition coefficient (Wildman–Crippen LogP) is 2.36. The average molecular weight is 234 g/mol. The van der Waals surface area contributed by atoms with Gasteiger partial charge in [0, 0.05) is 6.42 Å². The standard InChI is InChI=1S/C14H18O3/c1-16-13-5-3-4-11-7-6-10(8-12(11)13)9-14(15)17-2/h3-5,10H,6-9H2,1-2H3. The van der Waals surface area contributed by atoms with Gasteiger partial charge in [0.1, 0.15) is 5.75 Å². The average Bonchev–Trinajstić information content (AvgIpc) is 2.37. The highest BCUT2D eigenvalue weighted by Crippen LogP contribution is 2.33. The van der Waals surface area contributed by atoms with Crippen molar-refractivity contribution in [2.24, 2.45) is 5.92 Å². The second kappa shape index (κ2) is 5.21. The van der Waals surface area contributed by atoms with Crippen molar-refractivity contribution in [1.29, 1.82) is 0 Å². The zero-order valence-corrected chi connectivity index (χ0v) is 10.4. The summed E-state index contributed by atoms with van der Waals surface area (Å²) >= 11 is 0. The Hall–Kier alpha value is -1.51. The Morgan fingerprint density at radius 2 is 2.24 bits per heavy atom. The monoisotopic (exact) mass is 234 g/mol. The van der Waals surface area contributed by atoms with E-state index in [2.05, 4.69) is 6.07 Å². The highest BCUT2D eigenvalue weighted by molar-refractivity contribution is 5.69. The van der Waals surface area contributed by atoms with Gasteiger partial charge < -0.3 is 9.47 Å². The van der Waals surface area contributed by atoms with Gasteiger partial charge in [-0.05, 0) is 42.4 Å². The minimum absolute atomic E-state index is 0.117. The predicted molar refractivity (Wildman–Crippen MR) is 65.1 cm³/mol. The van der Waals surface area contributed by atoms with E-state index in [-0.39, 0.29) is 5.97 Å². The van der Waals surface area contributed by atoms with Crippen molar-refractivity contribution >= 4 is 5.97 Å². The fourth-order valence-electron chi connectivity index (χ4n) is 2.51. The Bertz CT molecular complexity index is 398. The summed E-state index contributed by atoms with van der Waals surface area (Å²) in [6.45, 7) is 0. The molecular formula is C14H18O3. The molecule has 0 heterocycles. The zero-order chi connectivity index (χ0) is 12.3. The molecular weight excluding hydrogens is 216 g/mol. The number of benzene rings is 1. The molecule has 0 bridgehead atoms. The van der Waals surface area contributed by atoms with Crippen LogP contribution in [0, 0.1) is 5.92 Å². The topological polar surface area (TPSA) is 35.5 Å². The van der Waals surface area contributed by atoms with E-state index in [4.69, 9.17) is 9.47 Å². The van der Waals surface area contributed by atoms with Crippen molar-refractivity contribution in [1.82, 2.24) is 0 Å². The van der Waals surface area contributed by atoms with Gasteiger partial charge in [0.2, 0.25) is 0 Å². The molecule has 92 valence electrons. The summed E-state index contributed by atoms with van der Waals surface area (Å²) in [6, 6.07) is 6.16. The number of carbonyl (C=O) groups is 1. The normalized spacial score (nSPS) is 18.4. The molecule has 1 aliphatic carbocycles. The summed E-state index contributed by atoms with van der Waals surface area (Å²) in [5.74, 6) is 1.21. The number of hydrogen-bond acceptors (Lipinski definition) is 3. The third-order valence-corrected chi connectivity index (χ3v) is 3.45. The quantitative estimate of drug-likeness (QED) is 0.753. The molecule has 1 aromatic rings. The summed E-state index contributed by atoms with van der Waals surface area (Å²) in [6.07, 6.45) is 3.49. The maximum atomic E-state index is 11.3. The summed E-state index contributed by atoms with van der Waals surface area (Å²) < 4.78 is 10.1. The number of hydrogen-bond donors (Lipinski definition) is 0. The van der Waals surface area contributed by atoms with Gasteiger partial charge in [0.05, 0.1) is 14.2 Å². The molecule has 0 fully saturated rings. The molecule has 0 aromatic heterocycles. The van der Waals surface area contributed by atoms with E-state index in [1.165, 1.54) is 18.2 Å². The molecule has 0 saturated heterocycles. The molecule has 1 aliphatic rings. The third-order valence-electron chi connectivity index (χ3n) is 3.45. The zero-order valence-electron chi connectivity index (χ0n) is 10.4. The molecule has 0 saturated carbocycles. The molecule has 17 heavy (non-hydrogen) atoms. The van der Waals surface area contributed by atoms with Gasteiger partial charge in [0.15, 0.2) is 0 Å². The van der Waals surface area contributed by atoms with Crippen LogP contribution in [-0.2, 0) is 22.4 Å². The molecule has 3 nitrogen and oxygen atoms in total. The smallest absolute Gasteiger partial charge is 0.305 e. The van der Waals surface area contributed by atoms with Crippen LogP contribution in [0.3, 0.4) is 0 Å². The number of aryl methyl sites for hydroxylation is 1. The van der Waals surface area contributed by atoms with E-state index in [9.17, 15) is 4.79 Å². The Morgan fingerprint density at radius 3 is 2.94 bits per heavy atom. The first-order valence-corrected chi connectivity index (χ1v) is 5.96. The minimum atomic E-state index is -0.117. The SMILES string of the molecule is COC(=O)CC1CCc2cccc(OC)c2C1. The Morgan fingerprint density at radius 1 is 1.41 bits per heavy atom. The van der Waals surface area contributed by atoms with E-state index < -0.39 is 0 Å². The second-order valence-electron chi connectivity index (χ2n) is 4.49. The van der Waals surface area contributed by atoms with Crippen LogP contribution < -0.4 is 4.74 Å². The Labute approximate surface area is 102 Å². The van der Waals surface area contributed by atoms with Crippen LogP contribution in [-0.4, -0.2) is 20.2 Å². The van der Waals surface area contributed by atoms with Crippen molar-refractivity contribution in [3.05, 3.63) is 29.3 Å². The van der Waals surface area contributed by atoms with Crippen molar-refractivity contribution in [3.63, 3.8) is 0 Å². The number of carbonyl (C=O) groups excluding carboxylic acids is 1. The van der Waals surface area contributed by atoms with E-state index in [0.717, 1.165) is 25.0 Å². The van der Waals surface area contributed by atoms with Crippen molar-refractivity contribution in [2.45, 2.75) is 25.7 Å². The minimum Gasteiger partial charge on any atom is -0.496 e. The van der Waals surface area contributed by atoms with Crippen molar-refractivity contribution in [3.8, 4) is 5.75 Å². The van der Waals surface area contributed by atoms with Gasteiger partial charge >= 0.3 is 5.97 Å². The van der Waals surface area contributed by atoms with Crippen LogP contribution in [0.15, 0.2) is 18.2 Å². The highest BCUT2D eigenvalue weighted by Gasteiger charge is 2.23. The van der Waals surface area contributed by atoms with Gasteiger partial charge in [0.25, 0.3) is 0 Å². The number of methoxy groups -OCH3 is 2. The number of fused-ring (bicyclic) bond motifs is 1. The van der Waals surface area contributed by atoms with Gasteiger partial charge in [-0.15, -0.1) is 0 Å². The number of esters is 1. The molecule has 1 atom stereocenters. The van der Waals surface area contributed by atoms with Gasteiger partial charge in [-0.25, -0.2) is 0 Å². The molecule has 1 unspecified atom stereocenters. The summed E-state index contributed by atoms with van der Waals surface area (Å²) in [5.41, 5.74) is 2.61.